The van der Waals surface area contributed by atoms with E-state index < -0.39 is 5.97 Å². The molecule has 0 aromatic carbocycles. The van der Waals surface area contributed by atoms with E-state index in [9.17, 15) is 9.90 Å². The largest absolute Gasteiger partial charge is 0.481 e. The van der Waals surface area contributed by atoms with Crippen molar-refractivity contribution in [2.45, 2.75) is 43.0 Å². The van der Waals surface area contributed by atoms with Gasteiger partial charge in [0.1, 0.15) is 0 Å². The Balaban J connectivity index is 2.05. The molecule has 94 valence electrons. The van der Waals surface area contributed by atoms with Gasteiger partial charge in [-0.15, -0.1) is 0 Å². The highest BCUT2D eigenvalue weighted by atomic mass is 32.2. The summed E-state index contributed by atoms with van der Waals surface area (Å²) < 4.78 is 0. The quantitative estimate of drug-likeness (QED) is 0.867. The third-order valence-corrected chi connectivity index (χ3v) is 4.80. The molecular weight excluding hydrogens is 236 g/mol. The lowest BCUT2D eigenvalue weighted by Crippen LogP contribution is -2.32. The van der Waals surface area contributed by atoms with Gasteiger partial charge in [-0.1, -0.05) is 25.1 Å². The minimum absolute atomic E-state index is 0.150. The molecule has 17 heavy (non-hydrogen) atoms. The zero-order valence-corrected chi connectivity index (χ0v) is 10.7. The summed E-state index contributed by atoms with van der Waals surface area (Å²) in [5, 5.41) is 10.2. The van der Waals surface area contributed by atoms with Crippen LogP contribution in [-0.2, 0) is 4.79 Å². The van der Waals surface area contributed by atoms with Crippen LogP contribution in [0.3, 0.4) is 0 Å². The summed E-state index contributed by atoms with van der Waals surface area (Å²) in [6, 6.07) is 0. The molecule has 3 unspecified atom stereocenters. The molecule has 2 N–H and O–H groups in total. The van der Waals surface area contributed by atoms with Crippen LogP contribution in [0.4, 0.5) is 0 Å². The molecule has 0 saturated heterocycles. The van der Waals surface area contributed by atoms with E-state index in [0.29, 0.717) is 5.92 Å². The molecule has 1 heterocycles. The molecule has 1 aromatic rings. The smallest absolute Gasteiger partial charge is 0.307 e. The van der Waals surface area contributed by atoms with Crippen molar-refractivity contribution in [2.75, 3.05) is 0 Å². The molecule has 1 fully saturated rings. The van der Waals surface area contributed by atoms with Crippen LogP contribution in [0.15, 0.2) is 17.6 Å². The van der Waals surface area contributed by atoms with Gasteiger partial charge >= 0.3 is 5.97 Å². The molecule has 5 heteroatoms. The topological polar surface area (TPSA) is 66.0 Å². The molecule has 0 aliphatic heterocycles. The predicted octanol–water partition coefficient (Wildman–Crippen LogP) is 2.78. The van der Waals surface area contributed by atoms with Gasteiger partial charge in [0, 0.05) is 17.6 Å². The number of imidazole rings is 1. The summed E-state index contributed by atoms with van der Waals surface area (Å²) in [4.78, 5) is 18.4. The second-order valence-corrected chi connectivity index (χ2v) is 5.81. The molecule has 0 spiro atoms. The van der Waals surface area contributed by atoms with Gasteiger partial charge < -0.3 is 10.1 Å². The number of carboxylic acids is 1. The maximum Gasteiger partial charge on any atom is 0.307 e. The lowest BCUT2D eigenvalue weighted by molar-refractivity contribution is -0.142. The average molecular weight is 254 g/mol. The van der Waals surface area contributed by atoms with E-state index in [1.807, 2.05) is 0 Å². The molecule has 0 bridgehead atoms. The third kappa shape index (κ3) is 3.03. The Morgan fingerprint density at radius 1 is 1.65 bits per heavy atom. The van der Waals surface area contributed by atoms with E-state index in [2.05, 4.69) is 16.9 Å². The fourth-order valence-corrected chi connectivity index (χ4v) is 3.78. The highest BCUT2D eigenvalue weighted by molar-refractivity contribution is 7.99. The number of nitrogens with one attached hydrogen (secondary N) is 1. The van der Waals surface area contributed by atoms with Crippen LogP contribution in [-0.4, -0.2) is 26.3 Å². The normalized spacial score (nSPS) is 29.1. The highest BCUT2D eigenvalue weighted by Crippen LogP contribution is 2.40. The summed E-state index contributed by atoms with van der Waals surface area (Å²) in [5.74, 6) is -0.227. The second-order valence-electron chi connectivity index (χ2n) is 4.58. The van der Waals surface area contributed by atoms with Crippen LogP contribution >= 0.6 is 11.8 Å². The molecule has 3 atom stereocenters. The summed E-state index contributed by atoms with van der Waals surface area (Å²) in [5.41, 5.74) is 0. The number of thioether (sulfide) groups is 1. The van der Waals surface area contributed by atoms with E-state index in [0.717, 1.165) is 30.8 Å². The van der Waals surface area contributed by atoms with E-state index in [4.69, 9.17) is 0 Å². The lowest BCUT2D eigenvalue weighted by Gasteiger charge is -2.32. The lowest BCUT2D eigenvalue weighted by atomic mass is 9.80. The molecule has 4 nitrogen and oxygen atoms in total. The van der Waals surface area contributed by atoms with Gasteiger partial charge in [-0.3, -0.25) is 4.79 Å². The van der Waals surface area contributed by atoms with Gasteiger partial charge in [0.05, 0.1) is 5.92 Å². The predicted molar refractivity (Wildman–Crippen MR) is 67.0 cm³/mol. The van der Waals surface area contributed by atoms with Crippen molar-refractivity contribution in [1.29, 1.82) is 0 Å². The van der Waals surface area contributed by atoms with Gasteiger partial charge in [-0.05, 0) is 25.2 Å². The zero-order valence-electron chi connectivity index (χ0n) is 9.93. The standard InChI is InChI=1S/C12H18N2O2S/c1-2-8-3-4-9(11(15)16)10(7-8)17-12-13-5-6-14-12/h5-6,8-10H,2-4,7H2,1H3,(H,13,14)(H,15,16). The number of aromatic amines is 1. The number of rotatable bonds is 4. The Morgan fingerprint density at radius 3 is 3.06 bits per heavy atom. The maximum absolute atomic E-state index is 11.2. The monoisotopic (exact) mass is 254 g/mol. The first-order valence-corrected chi connectivity index (χ1v) is 6.97. The number of hydrogen-bond donors (Lipinski definition) is 2. The third-order valence-electron chi connectivity index (χ3n) is 3.53. The molecule has 1 aliphatic rings. The van der Waals surface area contributed by atoms with Crippen LogP contribution in [0.5, 0.6) is 0 Å². The summed E-state index contributed by atoms with van der Waals surface area (Å²) in [7, 11) is 0. The molecule has 0 radical (unpaired) electrons. The summed E-state index contributed by atoms with van der Waals surface area (Å²) in [6.07, 6.45) is 7.45. The molecule has 0 amide bonds. The Hall–Kier alpha value is -0.970. The molecule has 1 saturated carbocycles. The van der Waals surface area contributed by atoms with Crippen LogP contribution < -0.4 is 0 Å². The van der Waals surface area contributed by atoms with E-state index >= 15 is 0 Å². The van der Waals surface area contributed by atoms with Crippen molar-refractivity contribution < 1.29 is 9.90 Å². The van der Waals surface area contributed by atoms with Crippen LogP contribution in [0.25, 0.3) is 0 Å². The first-order chi connectivity index (χ1) is 8.20. The van der Waals surface area contributed by atoms with E-state index in [-0.39, 0.29) is 11.2 Å². The van der Waals surface area contributed by atoms with E-state index in [1.165, 1.54) is 0 Å². The Morgan fingerprint density at radius 2 is 2.47 bits per heavy atom. The van der Waals surface area contributed by atoms with Crippen LogP contribution in [0.2, 0.25) is 0 Å². The van der Waals surface area contributed by atoms with Gasteiger partial charge in [-0.2, -0.15) is 0 Å². The fraction of sp³-hybridized carbons (Fsp3) is 0.667. The summed E-state index contributed by atoms with van der Waals surface area (Å²) >= 11 is 1.58. The van der Waals surface area contributed by atoms with Gasteiger partial charge in [-0.25, -0.2) is 4.98 Å². The first-order valence-electron chi connectivity index (χ1n) is 6.09. The maximum atomic E-state index is 11.2. The fourth-order valence-electron chi connectivity index (χ4n) is 2.45. The molecule has 1 aromatic heterocycles. The Labute approximate surface area is 105 Å². The first kappa shape index (κ1) is 12.5. The van der Waals surface area contributed by atoms with Crippen LogP contribution in [0, 0.1) is 11.8 Å². The summed E-state index contributed by atoms with van der Waals surface area (Å²) in [6.45, 7) is 2.18. The van der Waals surface area contributed by atoms with Crippen molar-refractivity contribution in [1.82, 2.24) is 9.97 Å². The van der Waals surface area contributed by atoms with Crippen LogP contribution in [0.1, 0.15) is 32.6 Å². The number of nitrogens with zero attached hydrogens (tertiary/aromatic N) is 1. The van der Waals surface area contributed by atoms with Gasteiger partial charge in [0.2, 0.25) is 0 Å². The number of aromatic nitrogens is 2. The zero-order chi connectivity index (χ0) is 12.3. The highest BCUT2D eigenvalue weighted by Gasteiger charge is 2.35. The van der Waals surface area contributed by atoms with Gasteiger partial charge in [0.25, 0.3) is 0 Å². The van der Waals surface area contributed by atoms with Crippen molar-refractivity contribution >= 4 is 17.7 Å². The number of H-pyrrole nitrogens is 1. The number of hydrogen-bond acceptors (Lipinski definition) is 3. The Bertz CT molecular complexity index is 367. The number of aliphatic carboxylic acids is 1. The van der Waals surface area contributed by atoms with E-state index in [1.54, 1.807) is 24.2 Å². The second kappa shape index (κ2) is 5.58. The minimum atomic E-state index is -0.663. The number of carboxylic acid groups (broad SMARTS) is 1. The van der Waals surface area contributed by atoms with Gasteiger partial charge in [0.15, 0.2) is 5.16 Å². The molecule has 1 aliphatic carbocycles. The van der Waals surface area contributed by atoms with Crippen molar-refractivity contribution in [2.24, 2.45) is 11.8 Å². The molecular formula is C12H18N2O2S. The Kier molecular flexibility index (Phi) is 4.10. The average Bonchev–Trinajstić information content (AvgIpc) is 2.81. The SMILES string of the molecule is CCC1CCC(C(=O)O)C(Sc2ncc[nH]2)C1. The minimum Gasteiger partial charge on any atom is -0.481 e. The van der Waals surface area contributed by atoms with Crippen molar-refractivity contribution in [3.8, 4) is 0 Å². The number of carbonyl (C=O) groups is 1. The van der Waals surface area contributed by atoms with Crippen molar-refractivity contribution in [3.05, 3.63) is 12.4 Å². The molecule has 2 rings (SSSR count). The van der Waals surface area contributed by atoms with Crippen molar-refractivity contribution in [3.63, 3.8) is 0 Å².